The van der Waals surface area contributed by atoms with Gasteiger partial charge in [-0.1, -0.05) is 78.9 Å². The van der Waals surface area contributed by atoms with Gasteiger partial charge in [-0.05, 0) is 27.8 Å². The lowest BCUT2D eigenvalue weighted by Crippen LogP contribution is -2.34. The van der Waals surface area contributed by atoms with E-state index in [1.54, 1.807) is 0 Å². The standard InChI is InChI=1S/C24H23NO3/c26-18(14-17-8-2-1-3-9-17)15-25-24(27)28-16-23-21-12-6-4-10-19(21)20-11-5-7-13-22(20)23/h1-13,18,23,26H,14-16H2,(H,25,27). The highest BCUT2D eigenvalue weighted by atomic mass is 16.5. The second-order valence-corrected chi connectivity index (χ2v) is 7.05. The van der Waals surface area contributed by atoms with Crippen LogP contribution in [0.25, 0.3) is 11.1 Å². The van der Waals surface area contributed by atoms with Gasteiger partial charge in [0.1, 0.15) is 6.61 Å². The molecule has 1 amide bonds. The van der Waals surface area contributed by atoms with Crippen LogP contribution in [-0.4, -0.2) is 30.5 Å². The van der Waals surface area contributed by atoms with Crippen molar-refractivity contribution in [1.82, 2.24) is 5.32 Å². The number of amides is 1. The highest BCUT2D eigenvalue weighted by Crippen LogP contribution is 2.44. The molecule has 0 aromatic heterocycles. The zero-order chi connectivity index (χ0) is 19.3. The molecule has 1 aliphatic carbocycles. The Morgan fingerprint density at radius 2 is 1.46 bits per heavy atom. The summed E-state index contributed by atoms with van der Waals surface area (Å²) in [5, 5.41) is 12.8. The van der Waals surface area contributed by atoms with Gasteiger partial charge in [-0.15, -0.1) is 0 Å². The van der Waals surface area contributed by atoms with E-state index in [1.807, 2.05) is 54.6 Å². The van der Waals surface area contributed by atoms with Crippen LogP contribution in [0, 0.1) is 0 Å². The van der Waals surface area contributed by atoms with Gasteiger partial charge in [0, 0.05) is 18.9 Å². The lowest BCUT2D eigenvalue weighted by Gasteiger charge is -2.16. The highest BCUT2D eigenvalue weighted by molar-refractivity contribution is 5.79. The average molecular weight is 373 g/mol. The number of carbonyl (C=O) groups excluding carboxylic acids is 1. The summed E-state index contributed by atoms with van der Waals surface area (Å²) >= 11 is 0. The van der Waals surface area contributed by atoms with E-state index >= 15 is 0 Å². The summed E-state index contributed by atoms with van der Waals surface area (Å²) in [6.07, 6.45) is -0.665. The van der Waals surface area contributed by atoms with Gasteiger partial charge in [-0.2, -0.15) is 0 Å². The van der Waals surface area contributed by atoms with Crippen LogP contribution in [0.5, 0.6) is 0 Å². The number of hydrogen-bond donors (Lipinski definition) is 2. The maximum absolute atomic E-state index is 12.1. The number of carbonyl (C=O) groups is 1. The summed E-state index contributed by atoms with van der Waals surface area (Å²) in [5.41, 5.74) is 5.79. The fraction of sp³-hybridized carbons (Fsp3) is 0.208. The van der Waals surface area contributed by atoms with E-state index in [1.165, 1.54) is 22.3 Å². The summed E-state index contributed by atoms with van der Waals surface area (Å²) in [6, 6.07) is 26.2. The van der Waals surface area contributed by atoms with Gasteiger partial charge in [-0.3, -0.25) is 0 Å². The Kier molecular flexibility index (Phi) is 5.40. The molecule has 3 aromatic carbocycles. The molecule has 0 heterocycles. The number of ether oxygens (including phenoxy) is 1. The smallest absolute Gasteiger partial charge is 0.407 e. The van der Waals surface area contributed by atoms with Crippen molar-refractivity contribution in [3.8, 4) is 11.1 Å². The van der Waals surface area contributed by atoms with E-state index in [9.17, 15) is 9.90 Å². The highest BCUT2D eigenvalue weighted by Gasteiger charge is 2.28. The second kappa shape index (κ2) is 8.28. The van der Waals surface area contributed by atoms with E-state index in [-0.39, 0.29) is 19.1 Å². The molecular weight excluding hydrogens is 350 g/mol. The Morgan fingerprint density at radius 1 is 0.893 bits per heavy atom. The molecule has 4 heteroatoms. The molecule has 0 spiro atoms. The summed E-state index contributed by atoms with van der Waals surface area (Å²) in [4.78, 5) is 12.1. The van der Waals surface area contributed by atoms with E-state index in [0.29, 0.717) is 6.42 Å². The van der Waals surface area contributed by atoms with Crippen molar-refractivity contribution in [2.45, 2.75) is 18.4 Å². The zero-order valence-corrected chi connectivity index (χ0v) is 15.5. The Balaban J connectivity index is 1.33. The Bertz CT molecular complexity index is 909. The number of benzene rings is 3. The molecular formula is C24H23NO3. The fourth-order valence-corrected chi connectivity index (χ4v) is 3.81. The third kappa shape index (κ3) is 3.92. The zero-order valence-electron chi connectivity index (χ0n) is 15.5. The first kappa shape index (κ1) is 18.3. The molecule has 142 valence electrons. The van der Waals surface area contributed by atoms with Gasteiger partial charge in [0.05, 0.1) is 6.10 Å². The number of alkyl carbamates (subject to hydrolysis) is 1. The Labute approximate surface area is 164 Å². The van der Waals surface area contributed by atoms with Crippen molar-refractivity contribution < 1.29 is 14.6 Å². The van der Waals surface area contributed by atoms with Crippen molar-refractivity contribution in [3.63, 3.8) is 0 Å². The summed E-state index contributed by atoms with van der Waals surface area (Å²) in [5.74, 6) is 0.0346. The van der Waals surface area contributed by atoms with E-state index < -0.39 is 12.2 Å². The number of aliphatic hydroxyl groups excluding tert-OH is 1. The topological polar surface area (TPSA) is 58.6 Å². The van der Waals surface area contributed by atoms with Crippen LogP contribution in [0.1, 0.15) is 22.6 Å². The second-order valence-electron chi connectivity index (χ2n) is 7.05. The molecule has 1 atom stereocenters. The van der Waals surface area contributed by atoms with Crippen LogP contribution in [0.15, 0.2) is 78.9 Å². The number of hydrogen-bond acceptors (Lipinski definition) is 3. The molecule has 0 aliphatic heterocycles. The molecule has 4 rings (SSSR count). The predicted molar refractivity (Wildman–Crippen MR) is 109 cm³/mol. The Hall–Kier alpha value is -3.11. The monoisotopic (exact) mass is 373 g/mol. The maximum Gasteiger partial charge on any atom is 0.407 e. The lowest BCUT2D eigenvalue weighted by molar-refractivity contribution is 0.128. The molecule has 0 bridgehead atoms. The summed E-state index contributed by atoms with van der Waals surface area (Å²) in [7, 11) is 0. The first-order chi connectivity index (χ1) is 13.7. The minimum atomic E-state index is -0.650. The molecule has 0 fully saturated rings. The molecule has 1 aliphatic rings. The van der Waals surface area contributed by atoms with Crippen LogP contribution in [-0.2, 0) is 11.2 Å². The van der Waals surface area contributed by atoms with Gasteiger partial charge < -0.3 is 15.2 Å². The van der Waals surface area contributed by atoms with Crippen LogP contribution in [0.3, 0.4) is 0 Å². The van der Waals surface area contributed by atoms with Crippen molar-refractivity contribution in [2.75, 3.05) is 13.2 Å². The first-order valence-electron chi connectivity index (χ1n) is 9.53. The fourth-order valence-electron chi connectivity index (χ4n) is 3.81. The number of nitrogens with one attached hydrogen (secondary N) is 1. The SMILES string of the molecule is O=C(NCC(O)Cc1ccccc1)OCC1c2ccccc2-c2ccccc21. The van der Waals surface area contributed by atoms with Crippen molar-refractivity contribution >= 4 is 6.09 Å². The first-order valence-corrected chi connectivity index (χ1v) is 9.53. The van der Waals surface area contributed by atoms with Crippen molar-refractivity contribution in [2.24, 2.45) is 0 Å². The molecule has 1 unspecified atom stereocenters. The third-order valence-electron chi connectivity index (χ3n) is 5.14. The number of fused-ring (bicyclic) bond motifs is 3. The van der Waals surface area contributed by atoms with Gasteiger partial charge in [-0.25, -0.2) is 4.79 Å². The summed E-state index contributed by atoms with van der Waals surface area (Å²) < 4.78 is 5.48. The van der Waals surface area contributed by atoms with Gasteiger partial charge >= 0.3 is 6.09 Å². The van der Waals surface area contributed by atoms with E-state index in [0.717, 1.165) is 5.56 Å². The normalized spacial score (nSPS) is 13.5. The number of aliphatic hydroxyl groups is 1. The van der Waals surface area contributed by atoms with Crippen molar-refractivity contribution in [3.05, 3.63) is 95.6 Å². The minimum Gasteiger partial charge on any atom is -0.449 e. The number of rotatable bonds is 6. The minimum absolute atomic E-state index is 0.0346. The van der Waals surface area contributed by atoms with Crippen LogP contribution in [0.2, 0.25) is 0 Å². The van der Waals surface area contributed by atoms with Crippen molar-refractivity contribution in [1.29, 1.82) is 0 Å². The third-order valence-corrected chi connectivity index (χ3v) is 5.14. The molecule has 0 saturated heterocycles. The molecule has 28 heavy (non-hydrogen) atoms. The van der Waals surface area contributed by atoms with Gasteiger partial charge in [0.2, 0.25) is 0 Å². The lowest BCUT2D eigenvalue weighted by atomic mass is 9.98. The largest absolute Gasteiger partial charge is 0.449 e. The van der Waals surface area contributed by atoms with Crippen LogP contribution >= 0.6 is 0 Å². The van der Waals surface area contributed by atoms with Crippen LogP contribution < -0.4 is 5.32 Å². The van der Waals surface area contributed by atoms with Gasteiger partial charge in [0.25, 0.3) is 0 Å². The maximum atomic E-state index is 12.1. The quantitative estimate of drug-likeness (QED) is 0.683. The van der Waals surface area contributed by atoms with E-state index in [2.05, 4.69) is 29.6 Å². The molecule has 4 nitrogen and oxygen atoms in total. The molecule has 0 radical (unpaired) electrons. The predicted octanol–water partition coefficient (Wildman–Crippen LogP) is 4.13. The molecule has 0 saturated carbocycles. The van der Waals surface area contributed by atoms with E-state index in [4.69, 9.17) is 4.74 Å². The average Bonchev–Trinajstić information content (AvgIpc) is 3.05. The van der Waals surface area contributed by atoms with Gasteiger partial charge in [0.15, 0.2) is 0 Å². The van der Waals surface area contributed by atoms with Crippen LogP contribution in [0.4, 0.5) is 4.79 Å². The Morgan fingerprint density at radius 3 is 2.11 bits per heavy atom. The summed E-state index contributed by atoms with van der Waals surface area (Å²) in [6.45, 7) is 0.431. The molecule has 2 N–H and O–H groups in total. The molecule has 3 aromatic rings.